The molecule has 0 bridgehead atoms. The van der Waals surface area contributed by atoms with Crippen molar-refractivity contribution in [2.45, 2.75) is 71.4 Å². The van der Waals surface area contributed by atoms with Gasteiger partial charge in [0.05, 0.1) is 11.9 Å². The van der Waals surface area contributed by atoms with E-state index in [1.165, 1.54) is 5.01 Å². The van der Waals surface area contributed by atoms with Gasteiger partial charge in [-0.3, -0.25) is 19.9 Å². The molecule has 0 spiro atoms. The quantitative estimate of drug-likeness (QED) is 0.509. The lowest BCUT2D eigenvalue weighted by molar-refractivity contribution is -0.142. The summed E-state index contributed by atoms with van der Waals surface area (Å²) in [5.41, 5.74) is 3.77. The minimum atomic E-state index is -0.512. The molecular formula is C22H32N6O3. The minimum absolute atomic E-state index is 0.0367. The lowest BCUT2D eigenvalue weighted by Gasteiger charge is -2.42. The van der Waals surface area contributed by atoms with Crippen molar-refractivity contribution in [2.75, 3.05) is 6.54 Å². The summed E-state index contributed by atoms with van der Waals surface area (Å²) in [6.45, 7) is 8.70. The Balaban J connectivity index is 1.56. The summed E-state index contributed by atoms with van der Waals surface area (Å²) in [4.78, 5) is 32.1. The first-order chi connectivity index (χ1) is 14.6. The Morgan fingerprint density at radius 1 is 1.35 bits per heavy atom. The molecule has 9 nitrogen and oxygen atoms in total. The van der Waals surface area contributed by atoms with E-state index in [-0.39, 0.29) is 35.1 Å². The van der Waals surface area contributed by atoms with Crippen LogP contribution in [0.1, 0.15) is 58.7 Å². The number of nitrogens with zero attached hydrogens (tertiary/aromatic N) is 3. The number of nitrogens with one attached hydrogen (secondary N) is 3. The van der Waals surface area contributed by atoms with Crippen LogP contribution < -0.4 is 16.1 Å². The van der Waals surface area contributed by atoms with Crippen molar-refractivity contribution < 1.29 is 14.7 Å². The van der Waals surface area contributed by atoms with Gasteiger partial charge in [-0.05, 0) is 37.3 Å². The molecule has 0 aromatic carbocycles. The molecule has 31 heavy (non-hydrogen) atoms. The fourth-order valence-electron chi connectivity index (χ4n) is 4.08. The summed E-state index contributed by atoms with van der Waals surface area (Å²) in [7, 11) is 0. The maximum atomic E-state index is 13.2. The first kappa shape index (κ1) is 21.6. The largest absolute Gasteiger partial charge is 0.494 e. The molecule has 2 aliphatic heterocycles. The number of pyridine rings is 1. The molecule has 2 fully saturated rings. The van der Waals surface area contributed by atoms with Crippen LogP contribution >= 0.6 is 0 Å². The standard InChI is InChI=1S/C22H32N6O3/c1-13(15-7-5-6-10-23-15)24-16-11-17-27(12-22(2,3)4)20(30)18(21(31)28(17)26-16)19(29)25-14-8-9-14/h5-7,10,13-14,16-17,24,26,30H,8-9,11-12H2,1-4H3,(H,25,29)/t13-,16?,17?/m0/s1. The van der Waals surface area contributed by atoms with Crippen molar-refractivity contribution in [3.63, 3.8) is 0 Å². The number of amides is 2. The predicted molar refractivity (Wildman–Crippen MR) is 115 cm³/mol. The fraction of sp³-hybridized carbons (Fsp3) is 0.591. The van der Waals surface area contributed by atoms with Gasteiger partial charge < -0.3 is 15.3 Å². The van der Waals surface area contributed by atoms with Crippen molar-refractivity contribution in [2.24, 2.45) is 5.41 Å². The number of rotatable bonds is 6. The number of hydrazine groups is 1. The van der Waals surface area contributed by atoms with Crippen LogP contribution in [-0.4, -0.2) is 56.7 Å². The average Bonchev–Trinajstić information content (AvgIpc) is 3.41. The number of aliphatic hydroxyl groups excluding tert-OH is 1. The smallest absolute Gasteiger partial charge is 0.281 e. The van der Waals surface area contributed by atoms with Gasteiger partial charge in [0, 0.05) is 31.2 Å². The average molecular weight is 429 g/mol. The van der Waals surface area contributed by atoms with Gasteiger partial charge in [0.2, 0.25) is 5.88 Å². The molecule has 1 saturated carbocycles. The number of aromatic nitrogens is 1. The molecule has 1 aromatic heterocycles. The Labute approximate surface area is 182 Å². The van der Waals surface area contributed by atoms with Crippen LogP contribution in [0.25, 0.3) is 0 Å². The van der Waals surface area contributed by atoms with E-state index in [9.17, 15) is 14.7 Å². The number of hydrogen-bond acceptors (Lipinski definition) is 7. The van der Waals surface area contributed by atoms with Crippen LogP contribution in [0.2, 0.25) is 0 Å². The number of aliphatic hydroxyl groups is 1. The summed E-state index contributed by atoms with van der Waals surface area (Å²) in [6.07, 6.45) is 3.51. The van der Waals surface area contributed by atoms with E-state index in [2.05, 4.69) is 41.8 Å². The first-order valence-corrected chi connectivity index (χ1v) is 10.9. The molecule has 168 valence electrons. The van der Waals surface area contributed by atoms with Crippen molar-refractivity contribution in [1.29, 1.82) is 0 Å². The zero-order valence-electron chi connectivity index (χ0n) is 18.6. The van der Waals surface area contributed by atoms with Gasteiger partial charge in [0.25, 0.3) is 11.8 Å². The van der Waals surface area contributed by atoms with Crippen LogP contribution in [0, 0.1) is 5.41 Å². The Kier molecular flexibility index (Phi) is 5.65. The molecule has 3 heterocycles. The number of carbonyl (C=O) groups is 2. The summed E-state index contributed by atoms with van der Waals surface area (Å²) in [5.74, 6) is -1.25. The Hall–Kier alpha value is -2.65. The Morgan fingerprint density at radius 3 is 2.71 bits per heavy atom. The van der Waals surface area contributed by atoms with Gasteiger partial charge in [-0.1, -0.05) is 26.8 Å². The molecule has 2 amide bonds. The molecule has 1 saturated heterocycles. The molecule has 9 heteroatoms. The summed E-state index contributed by atoms with van der Waals surface area (Å²) in [6, 6.07) is 5.81. The SMILES string of the molecule is C[C@H](NC1CC2N(CC(C)(C)C)C(O)=C(C(=O)NC3CC3)C(=O)N2N1)c1ccccn1. The molecule has 3 atom stereocenters. The molecule has 1 aromatic rings. The topological polar surface area (TPSA) is 110 Å². The predicted octanol–water partition coefficient (Wildman–Crippen LogP) is 1.53. The lowest BCUT2D eigenvalue weighted by atomic mass is 9.94. The molecule has 0 radical (unpaired) electrons. The first-order valence-electron chi connectivity index (χ1n) is 10.9. The summed E-state index contributed by atoms with van der Waals surface area (Å²) in [5, 5.41) is 18.8. The second kappa shape index (κ2) is 8.12. The van der Waals surface area contributed by atoms with Gasteiger partial charge in [-0.15, -0.1) is 0 Å². The normalized spacial score (nSPS) is 25.0. The molecule has 2 unspecified atom stereocenters. The van der Waals surface area contributed by atoms with Gasteiger partial charge in [0.1, 0.15) is 6.17 Å². The van der Waals surface area contributed by atoms with Crippen molar-refractivity contribution in [1.82, 2.24) is 31.0 Å². The highest BCUT2D eigenvalue weighted by molar-refractivity contribution is 6.19. The molecule has 1 aliphatic carbocycles. The third-order valence-electron chi connectivity index (χ3n) is 5.69. The van der Waals surface area contributed by atoms with E-state index in [0.29, 0.717) is 13.0 Å². The van der Waals surface area contributed by atoms with E-state index < -0.39 is 18.0 Å². The monoisotopic (exact) mass is 428 g/mol. The number of hydrogen-bond donors (Lipinski definition) is 4. The molecule has 4 N–H and O–H groups in total. The highest BCUT2D eigenvalue weighted by Crippen LogP contribution is 2.33. The van der Waals surface area contributed by atoms with Crippen LogP contribution in [0.5, 0.6) is 0 Å². The Bertz CT molecular complexity index is 877. The van der Waals surface area contributed by atoms with Crippen molar-refractivity contribution in [3.8, 4) is 0 Å². The highest BCUT2D eigenvalue weighted by atomic mass is 16.3. The maximum Gasteiger partial charge on any atom is 0.281 e. The third kappa shape index (κ3) is 4.67. The number of fused-ring (bicyclic) bond motifs is 1. The summed E-state index contributed by atoms with van der Waals surface area (Å²) < 4.78 is 0. The van der Waals surface area contributed by atoms with E-state index in [0.717, 1.165) is 18.5 Å². The van der Waals surface area contributed by atoms with Crippen LogP contribution in [-0.2, 0) is 9.59 Å². The molecule has 4 rings (SSSR count). The van der Waals surface area contributed by atoms with Crippen LogP contribution in [0.3, 0.4) is 0 Å². The highest BCUT2D eigenvalue weighted by Gasteiger charge is 2.49. The maximum absolute atomic E-state index is 13.2. The van der Waals surface area contributed by atoms with E-state index in [4.69, 9.17) is 0 Å². The van der Waals surface area contributed by atoms with Crippen molar-refractivity contribution in [3.05, 3.63) is 41.5 Å². The third-order valence-corrected chi connectivity index (χ3v) is 5.69. The van der Waals surface area contributed by atoms with E-state index in [1.807, 2.05) is 25.1 Å². The zero-order chi connectivity index (χ0) is 22.3. The molecular weight excluding hydrogens is 396 g/mol. The van der Waals surface area contributed by atoms with Gasteiger partial charge in [-0.2, -0.15) is 0 Å². The second-order valence-corrected chi connectivity index (χ2v) is 9.85. The zero-order valence-corrected chi connectivity index (χ0v) is 18.6. The van der Waals surface area contributed by atoms with Crippen LogP contribution in [0.15, 0.2) is 35.9 Å². The molecule has 3 aliphatic rings. The minimum Gasteiger partial charge on any atom is -0.494 e. The van der Waals surface area contributed by atoms with E-state index in [1.54, 1.807) is 11.1 Å². The Morgan fingerprint density at radius 2 is 2.10 bits per heavy atom. The lowest BCUT2D eigenvalue weighted by Crippen LogP contribution is -2.59. The fourth-order valence-corrected chi connectivity index (χ4v) is 4.08. The van der Waals surface area contributed by atoms with Gasteiger partial charge in [-0.25, -0.2) is 10.4 Å². The van der Waals surface area contributed by atoms with Gasteiger partial charge in [0.15, 0.2) is 5.57 Å². The number of carbonyl (C=O) groups excluding carboxylic acids is 2. The van der Waals surface area contributed by atoms with E-state index >= 15 is 0 Å². The van der Waals surface area contributed by atoms with Gasteiger partial charge >= 0.3 is 0 Å². The summed E-state index contributed by atoms with van der Waals surface area (Å²) >= 11 is 0. The van der Waals surface area contributed by atoms with Crippen LogP contribution in [0.4, 0.5) is 0 Å². The second-order valence-electron chi connectivity index (χ2n) is 9.85. The van der Waals surface area contributed by atoms with Crippen molar-refractivity contribution >= 4 is 11.8 Å².